The van der Waals surface area contributed by atoms with E-state index in [9.17, 15) is 9.90 Å². The van der Waals surface area contributed by atoms with Crippen LogP contribution in [0.2, 0.25) is 0 Å². The number of ether oxygens (including phenoxy) is 1. The maximum absolute atomic E-state index is 11.0. The van der Waals surface area contributed by atoms with Crippen LogP contribution in [0.5, 0.6) is 5.75 Å². The second kappa shape index (κ2) is 9.43. The third kappa shape index (κ3) is 5.86. The highest BCUT2D eigenvalue weighted by Gasteiger charge is 2.13. The molecule has 3 rings (SSSR count). The van der Waals surface area contributed by atoms with Gasteiger partial charge in [-0.15, -0.1) is 5.10 Å². The molecule has 0 saturated carbocycles. The molecule has 9 heteroatoms. The van der Waals surface area contributed by atoms with Crippen LogP contribution in [0.1, 0.15) is 18.3 Å². The number of amides is 1. The van der Waals surface area contributed by atoms with E-state index < -0.39 is 6.10 Å². The third-order valence-electron chi connectivity index (χ3n) is 3.88. The molecule has 1 unspecified atom stereocenters. The number of carbonyl (C=O) groups excluding carboxylic acids is 1. The Morgan fingerprint density at radius 3 is 2.61 bits per heavy atom. The molecule has 2 aromatic carbocycles. The van der Waals surface area contributed by atoms with Crippen molar-refractivity contribution in [3.63, 3.8) is 0 Å². The Labute approximate surface area is 170 Å². The van der Waals surface area contributed by atoms with Crippen LogP contribution in [0, 0.1) is 0 Å². The van der Waals surface area contributed by atoms with Crippen molar-refractivity contribution in [2.75, 3.05) is 11.9 Å². The fourth-order valence-electron chi connectivity index (χ4n) is 2.56. The molecule has 1 aromatic heterocycles. The lowest BCUT2D eigenvalue weighted by Crippen LogP contribution is -2.25. The van der Waals surface area contributed by atoms with E-state index in [4.69, 9.17) is 4.74 Å². The number of hydrogen-bond acceptors (Lipinski definition) is 6. The quantitative estimate of drug-likeness (QED) is 0.551. The first-order valence-electron chi connectivity index (χ1n) is 8.67. The number of rotatable bonds is 8. The van der Waals surface area contributed by atoms with Gasteiger partial charge in [-0.05, 0) is 52.4 Å². The number of nitrogens with one attached hydrogen (secondary N) is 1. The smallest absolute Gasteiger partial charge is 0.221 e. The summed E-state index contributed by atoms with van der Waals surface area (Å²) >= 11 is 3.41. The largest absolute Gasteiger partial charge is 0.491 e. The Morgan fingerprint density at radius 2 is 1.93 bits per heavy atom. The summed E-state index contributed by atoms with van der Waals surface area (Å²) in [5, 5.41) is 24.7. The molecule has 1 heterocycles. The molecule has 1 atom stereocenters. The molecule has 3 aromatic rings. The summed E-state index contributed by atoms with van der Waals surface area (Å²) in [5.74, 6) is 1.13. The summed E-state index contributed by atoms with van der Waals surface area (Å²) in [4.78, 5) is 11.0. The van der Waals surface area contributed by atoms with Gasteiger partial charge in [0, 0.05) is 23.5 Å². The number of aromatic nitrogens is 4. The summed E-state index contributed by atoms with van der Waals surface area (Å²) in [6.07, 6.45) is -0.208. The van der Waals surface area contributed by atoms with Crippen molar-refractivity contribution >= 4 is 27.5 Å². The zero-order chi connectivity index (χ0) is 19.9. The molecular formula is C19H20BrN5O3. The average Bonchev–Trinajstić information content (AvgIpc) is 3.09. The van der Waals surface area contributed by atoms with E-state index in [0.29, 0.717) is 23.7 Å². The van der Waals surface area contributed by atoms with Gasteiger partial charge < -0.3 is 15.2 Å². The molecule has 0 fully saturated rings. The monoisotopic (exact) mass is 445 g/mol. The highest BCUT2D eigenvalue weighted by Crippen LogP contribution is 2.16. The van der Waals surface area contributed by atoms with Crippen molar-refractivity contribution in [2.24, 2.45) is 0 Å². The van der Waals surface area contributed by atoms with E-state index in [-0.39, 0.29) is 19.1 Å². The maximum Gasteiger partial charge on any atom is 0.221 e. The van der Waals surface area contributed by atoms with E-state index in [1.54, 1.807) is 28.9 Å². The molecule has 0 bridgehead atoms. The number of tetrazole rings is 1. The van der Waals surface area contributed by atoms with Crippen LogP contribution in [-0.4, -0.2) is 43.9 Å². The van der Waals surface area contributed by atoms with Gasteiger partial charge in [-0.3, -0.25) is 4.79 Å². The second-order valence-electron chi connectivity index (χ2n) is 6.25. The number of halogens is 1. The van der Waals surface area contributed by atoms with Gasteiger partial charge in [-0.2, -0.15) is 0 Å². The summed E-state index contributed by atoms with van der Waals surface area (Å²) < 4.78 is 8.19. The minimum absolute atomic E-state index is 0.0943. The number of hydrogen-bond donors (Lipinski definition) is 2. The fourth-order valence-corrected chi connectivity index (χ4v) is 2.82. The maximum atomic E-state index is 11.0. The Balaban J connectivity index is 1.52. The number of aliphatic hydroxyl groups is 1. The topological polar surface area (TPSA) is 102 Å². The van der Waals surface area contributed by atoms with Crippen LogP contribution in [0.15, 0.2) is 53.0 Å². The zero-order valence-electron chi connectivity index (χ0n) is 15.2. The summed E-state index contributed by atoms with van der Waals surface area (Å²) in [6, 6.07) is 14.8. The van der Waals surface area contributed by atoms with Crippen molar-refractivity contribution in [3.05, 3.63) is 64.4 Å². The molecule has 2 N–H and O–H groups in total. The normalized spacial score (nSPS) is 11.8. The molecule has 0 aliphatic rings. The summed E-state index contributed by atoms with van der Waals surface area (Å²) in [6.45, 7) is 1.77. The molecule has 0 saturated heterocycles. The number of benzene rings is 2. The molecule has 0 radical (unpaired) electrons. The first kappa shape index (κ1) is 20.0. The Hall–Kier alpha value is -2.78. The van der Waals surface area contributed by atoms with Crippen molar-refractivity contribution in [1.82, 2.24) is 20.2 Å². The highest BCUT2D eigenvalue weighted by atomic mass is 79.9. The lowest BCUT2D eigenvalue weighted by Gasteiger charge is -2.13. The van der Waals surface area contributed by atoms with Crippen LogP contribution in [-0.2, 0) is 17.8 Å². The predicted molar refractivity (Wildman–Crippen MR) is 107 cm³/mol. The van der Waals surface area contributed by atoms with Gasteiger partial charge in [-0.25, -0.2) is 4.68 Å². The van der Waals surface area contributed by atoms with Gasteiger partial charge in [0.25, 0.3) is 0 Å². The summed E-state index contributed by atoms with van der Waals surface area (Å²) in [5.41, 5.74) is 1.76. The Morgan fingerprint density at radius 1 is 1.21 bits per heavy atom. The zero-order valence-corrected chi connectivity index (χ0v) is 16.8. The highest BCUT2D eigenvalue weighted by molar-refractivity contribution is 9.10. The van der Waals surface area contributed by atoms with Crippen LogP contribution in [0.25, 0.3) is 0 Å². The predicted octanol–water partition coefficient (Wildman–Crippen LogP) is 2.42. The van der Waals surface area contributed by atoms with E-state index in [0.717, 1.165) is 10.0 Å². The van der Waals surface area contributed by atoms with Gasteiger partial charge >= 0.3 is 0 Å². The van der Waals surface area contributed by atoms with E-state index in [1.165, 1.54) is 6.92 Å². The number of carbonyl (C=O) groups is 1. The molecule has 28 heavy (non-hydrogen) atoms. The molecule has 0 spiro atoms. The molecular weight excluding hydrogens is 426 g/mol. The van der Waals surface area contributed by atoms with Crippen molar-refractivity contribution in [3.8, 4) is 5.75 Å². The molecule has 0 aliphatic heterocycles. The average molecular weight is 446 g/mol. The molecule has 1 amide bonds. The molecule has 8 nitrogen and oxygen atoms in total. The van der Waals surface area contributed by atoms with Gasteiger partial charge in [0.05, 0.1) is 6.54 Å². The number of aliphatic hydroxyl groups excluding tert-OH is 1. The molecule has 0 aliphatic carbocycles. The standard InChI is InChI=1S/C19H20BrN5O3/c1-13(26)21-16-6-8-18(9-7-16)28-12-17(27)11-25-19(22-23-24-25)10-14-2-4-15(20)5-3-14/h2-9,17,27H,10-12H2,1H3,(H,21,26). The fraction of sp³-hybridized carbons (Fsp3) is 0.263. The van der Waals surface area contributed by atoms with E-state index >= 15 is 0 Å². The van der Waals surface area contributed by atoms with Crippen LogP contribution in [0.4, 0.5) is 5.69 Å². The van der Waals surface area contributed by atoms with Gasteiger partial charge in [-0.1, -0.05) is 28.1 Å². The van der Waals surface area contributed by atoms with Crippen LogP contribution < -0.4 is 10.1 Å². The first-order chi connectivity index (χ1) is 13.5. The SMILES string of the molecule is CC(=O)Nc1ccc(OCC(O)Cn2nnnc2Cc2ccc(Br)cc2)cc1. The minimum atomic E-state index is -0.776. The third-order valence-corrected chi connectivity index (χ3v) is 4.41. The van der Waals surface area contributed by atoms with Gasteiger partial charge in [0.2, 0.25) is 5.91 Å². The number of anilines is 1. The number of nitrogens with zero attached hydrogens (tertiary/aromatic N) is 4. The molecule has 146 valence electrons. The lowest BCUT2D eigenvalue weighted by molar-refractivity contribution is -0.114. The summed E-state index contributed by atoms with van der Waals surface area (Å²) in [7, 11) is 0. The lowest BCUT2D eigenvalue weighted by atomic mass is 10.1. The van der Waals surface area contributed by atoms with Crippen LogP contribution in [0.3, 0.4) is 0 Å². The van der Waals surface area contributed by atoms with Crippen molar-refractivity contribution in [2.45, 2.75) is 26.0 Å². The van der Waals surface area contributed by atoms with E-state index in [1.807, 2.05) is 24.3 Å². The van der Waals surface area contributed by atoms with Crippen LogP contribution >= 0.6 is 15.9 Å². The Bertz CT molecular complexity index is 912. The van der Waals surface area contributed by atoms with Crippen molar-refractivity contribution in [1.29, 1.82) is 0 Å². The van der Waals surface area contributed by atoms with Gasteiger partial charge in [0.15, 0.2) is 5.82 Å². The first-order valence-corrected chi connectivity index (χ1v) is 9.47. The Kier molecular flexibility index (Phi) is 6.72. The van der Waals surface area contributed by atoms with Gasteiger partial charge in [0.1, 0.15) is 18.5 Å². The van der Waals surface area contributed by atoms with E-state index in [2.05, 4.69) is 36.8 Å². The second-order valence-corrected chi connectivity index (χ2v) is 7.17. The minimum Gasteiger partial charge on any atom is -0.491 e. The van der Waals surface area contributed by atoms with Crippen molar-refractivity contribution < 1.29 is 14.6 Å².